The third-order valence-electron chi connectivity index (χ3n) is 2.76. The van der Waals surface area contributed by atoms with Crippen molar-refractivity contribution in [1.29, 1.82) is 0 Å². The summed E-state index contributed by atoms with van der Waals surface area (Å²) < 4.78 is 26.2. The van der Waals surface area contributed by atoms with Crippen molar-refractivity contribution in [3.63, 3.8) is 0 Å². The van der Waals surface area contributed by atoms with E-state index >= 15 is 0 Å². The fourth-order valence-corrected chi connectivity index (χ4v) is 2.42. The van der Waals surface area contributed by atoms with Gasteiger partial charge in [-0.15, -0.1) is 0 Å². The summed E-state index contributed by atoms with van der Waals surface area (Å²) in [5, 5.41) is 3.43. The van der Waals surface area contributed by atoms with Crippen LogP contribution in [-0.2, 0) is 6.42 Å². The van der Waals surface area contributed by atoms with Crippen molar-refractivity contribution in [2.75, 3.05) is 18.6 Å². The zero-order chi connectivity index (χ0) is 13.4. The van der Waals surface area contributed by atoms with Crippen LogP contribution in [0.3, 0.4) is 0 Å². The molecule has 1 rings (SSSR count). The molecule has 0 aliphatic carbocycles. The second-order valence-electron chi connectivity index (χ2n) is 4.41. The van der Waals surface area contributed by atoms with Crippen LogP contribution in [0.5, 0.6) is 0 Å². The van der Waals surface area contributed by atoms with Crippen LogP contribution in [0, 0.1) is 11.6 Å². The van der Waals surface area contributed by atoms with E-state index in [1.807, 2.05) is 0 Å². The molecule has 4 heteroatoms. The maximum atomic E-state index is 13.1. The van der Waals surface area contributed by atoms with E-state index in [4.69, 9.17) is 0 Å². The third kappa shape index (κ3) is 5.83. The van der Waals surface area contributed by atoms with E-state index in [9.17, 15) is 8.78 Å². The van der Waals surface area contributed by atoms with Crippen molar-refractivity contribution in [1.82, 2.24) is 5.32 Å². The lowest BCUT2D eigenvalue weighted by Crippen LogP contribution is -2.32. The predicted molar refractivity (Wildman–Crippen MR) is 75.1 cm³/mol. The highest BCUT2D eigenvalue weighted by Crippen LogP contribution is 2.12. The second-order valence-corrected chi connectivity index (χ2v) is 5.40. The van der Waals surface area contributed by atoms with Crippen LogP contribution in [0.4, 0.5) is 8.78 Å². The summed E-state index contributed by atoms with van der Waals surface area (Å²) in [4.78, 5) is 0. The third-order valence-corrected chi connectivity index (χ3v) is 3.40. The minimum atomic E-state index is -0.496. The molecule has 0 amide bonds. The van der Waals surface area contributed by atoms with Gasteiger partial charge in [-0.1, -0.05) is 6.92 Å². The molecular weight excluding hydrogens is 252 g/mol. The Morgan fingerprint density at radius 2 is 1.89 bits per heavy atom. The highest BCUT2D eigenvalue weighted by atomic mass is 32.2. The molecule has 1 nitrogen and oxygen atoms in total. The molecule has 0 aromatic heterocycles. The average molecular weight is 273 g/mol. The Kier molecular flexibility index (Phi) is 7.28. The van der Waals surface area contributed by atoms with Gasteiger partial charge in [0.2, 0.25) is 0 Å². The van der Waals surface area contributed by atoms with Gasteiger partial charge in [-0.25, -0.2) is 8.78 Å². The zero-order valence-corrected chi connectivity index (χ0v) is 11.8. The summed E-state index contributed by atoms with van der Waals surface area (Å²) in [6, 6.07) is 4.05. The first kappa shape index (κ1) is 15.4. The number of halogens is 2. The average Bonchev–Trinajstić information content (AvgIpc) is 2.31. The quantitative estimate of drug-likeness (QED) is 0.776. The van der Waals surface area contributed by atoms with E-state index in [2.05, 4.69) is 18.5 Å². The molecule has 0 saturated heterocycles. The van der Waals surface area contributed by atoms with Gasteiger partial charge in [0.25, 0.3) is 0 Å². The Labute approximate surface area is 112 Å². The Hall–Kier alpha value is -0.610. The molecule has 0 bridgehead atoms. The molecule has 0 fully saturated rings. The smallest absolute Gasteiger partial charge is 0.126 e. The van der Waals surface area contributed by atoms with Crippen molar-refractivity contribution in [3.05, 3.63) is 35.4 Å². The molecule has 18 heavy (non-hydrogen) atoms. The molecule has 1 N–H and O–H groups in total. The fourth-order valence-electron chi connectivity index (χ4n) is 1.90. The number of nitrogens with one attached hydrogen (secondary N) is 1. The van der Waals surface area contributed by atoms with Crippen LogP contribution < -0.4 is 5.32 Å². The summed E-state index contributed by atoms with van der Waals surface area (Å²) in [6.45, 7) is 3.05. The summed E-state index contributed by atoms with van der Waals surface area (Å²) in [7, 11) is 0. The van der Waals surface area contributed by atoms with Gasteiger partial charge in [0, 0.05) is 12.1 Å². The number of benzene rings is 1. The first-order valence-corrected chi connectivity index (χ1v) is 7.72. The number of rotatable bonds is 8. The molecule has 1 aromatic rings. The van der Waals surface area contributed by atoms with Gasteiger partial charge in [-0.3, -0.25) is 0 Å². The van der Waals surface area contributed by atoms with E-state index in [0.717, 1.165) is 36.8 Å². The summed E-state index contributed by atoms with van der Waals surface area (Å²) in [5.74, 6) is 0.0623. The fraction of sp³-hybridized carbons (Fsp3) is 0.571. The molecule has 102 valence electrons. The number of thioether (sulfide) groups is 1. The Morgan fingerprint density at radius 1 is 1.22 bits per heavy atom. The van der Waals surface area contributed by atoms with Gasteiger partial charge in [0.15, 0.2) is 0 Å². The molecule has 1 unspecified atom stereocenters. The normalized spacial score (nSPS) is 12.7. The van der Waals surface area contributed by atoms with Crippen molar-refractivity contribution in [2.24, 2.45) is 0 Å². The van der Waals surface area contributed by atoms with Crippen molar-refractivity contribution in [2.45, 2.75) is 32.2 Å². The van der Waals surface area contributed by atoms with Crippen molar-refractivity contribution < 1.29 is 8.78 Å². The maximum absolute atomic E-state index is 13.1. The summed E-state index contributed by atoms with van der Waals surface area (Å²) >= 11 is 1.79. The highest BCUT2D eigenvalue weighted by Gasteiger charge is 2.10. The molecule has 0 heterocycles. The van der Waals surface area contributed by atoms with Gasteiger partial charge in [0.1, 0.15) is 11.6 Å². The maximum Gasteiger partial charge on any atom is 0.126 e. The van der Waals surface area contributed by atoms with Crippen LogP contribution in [0.2, 0.25) is 0 Å². The molecule has 0 aliphatic rings. The zero-order valence-electron chi connectivity index (χ0n) is 11.0. The molecule has 0 saturated carbocycles. The second kappa shape index (κ2) is 8.48. The summed E-state index contributed by atoms with van der Waals surface area (Å²) in [6.07, 6.45) is 4.82. The minimum Gasteiger partial charge on any atom is -0.314 e. The Bertz CT molecular complexity index is 329. The minimum absolute atomic E-state index is 0.290. The largest absolute Gasteiger partial charge is 0.314 e. The molecule has 0 radical (unpaired) electrons. The molecule has 0 aliphatic heterocycles. The first-order chi connectivity index (χ1) is 8.65. The first-order valence-electron chi connectivity index (χ1n) is 6.33. The lowest BCUT2D eigenvalue weighted by Gasteiger charge is -2.18. The monoisotopic (exact) mass is 273 g/mol. The standard InChI is InChI=1S/C14H21F2NS/c1-3-5-17-14(4-6-18-2)9-11-7-12(15)10-13(16)8-11/h7-8,10,14,17H,3-6,9H2,1-2H3. The molecular formula is C14H21F2NS. The van der Waals surface area contributed by atoms with Crippen LogP contribution >= 0.6 is 11.8 Å². The Balaban J connectivity index is 2.62. The van der Waals surface area contributed by atoms with Crippen LogP contribution in [0.25, 0.3) is 0 Å². The predicted octanol–water partition coefficient (Wildman–Crippen LogP) is 3.63. The summed E-state index contributed by atoms with van der Waals surface area (Å²) in [5.41, 5.74) is 0.724. The Morgan fingerprint density at radius 3 is 2.44 bits per heavy atom. The molecule has 1 atom stereocenters. The topological polar surface area (TPSA) is 12.0 Å². The highest BCUT2D eigenvalue weighted by molar-refractivity contribution is 7.98. The van der Waals surface area contributed by atoms with Gasteiger partial charge >= 0.3 is 0 Å². The molecule has 0 spiro atoms. The van der Waals surface area contributed by atoms with Crippen LogP contribution in [0.15, 0.2) is 18.2 Å². The van der Waals surface area contributed by atoms with Gasteiger partial charge in [-0.2, -0.15) is 11.8 Å². The van der Waals surface area contributed by atoms with E-state index in [1.165, 1.54) is 12.1 Å². The van der Waals surface area contributed by atoms with E-state index in [0.29, 0.717) is 12.5 Å². The lowest BCUT2D eigenvalue weighted by molar-refractivity contribution is 0.494. The lowest BCUT2D eigenvalue weighted by atomic mass is 10.0. The number of hydrogen-bond acceptors (Lipinski definition) is 2. The van der Waals surface area contributed by atoms with Crippen LogP contribution in [-0.4, -0.2) is 24.6 Å². The van der Waals surface area contributed by atoms with E-state index < -0.39 is 11.6 Å². The van der Waals surface area contributed by atoms with Gasteiger partial charge in [-0.05, 0) is 55.5 Å². The van der Waals surface area contributed by atoms with Gasteiger partial charge in [0.05, 0.1) is 0 Å². The van der Waals surface area contributed by atoms with Crippen molar-refractivity contribution in [3.8, 4) is 0 Å². The van der Waals surface area contributed by atoms with E-state index in [1.54, 1.807) is 11.8 Å². The number of hydrogen-bond donors (Lipinski definition) is 1. The van der Waals surface area contributed by atoms with Crippen molar-refractivity contribution >= 4 is 11.8 Å². The van der Waals surface area contributed by atoms with Gasteiger partial charge < -0.3 is 5.32 Å². The molecule has 1 aromatic carbocycles. The SMILES string of the molecule is CCCNC(CCSC)Cc1cc(F)cc(F)c1. The van der Waals surface area contributed by atoms with E-state index in [-0.39, 0.29) is 0 Å². The van der Waals surface area contributed by atoms with Crippen LogP contribution in [0.1, 0.15) is 25.3 Å².